The molecular formula is C20H23Cl2N3O5S. The number of benzene rings is 1. The molecule has 31 heavy (non-hydrogen) atoms. The summed E-state index contributed by atoms with van der Waals surface area (Å²) in [5, 5.41) is 2.73. The Kier molecular flexibility index (Phi) is 7.77. The zero-order valence-electron chi connectivity index (χ0n) is 17.1. The fourth-order valence-electron chi connectivity index (χ4n) is 2.99. The van der Waals surface area contributed by atoms with E-state index < -0.39 is 15.9 Å². The van der Waals surface area contributed by atoms with Crippen LogP contribution in [0.25, 0.3) is 0 Å². The van der Waals surface area contributed by atoms with Gasteiger partial charge in [0.05, 0.1) is 34.9 Å². The van der Waals surface area contributed by atoms with E-state index in [0.29, 0.717) is 24.7 Å². The van der Waals surface area contributed by atoms with Gasteiger partial charge >= 0.3 is 0 Å². The number of amides is 1. The molecular weight excluding hydrogens is 465 g/mol. The van der Waals surface area contributed by atoms with E-state index in [4.69, 9.17) is 32.7 Å². The Labute approximate surface area is 191 Å². The van der Waals surface area contributed by atoms with Gasteiger partial charge < -0.3 is 14.8 Å². The summed E-state index contributed by atoms with van der Waals surface area (Å²) >= 11 is 12.4. The number of morpholine rings is 1. The first-order valence-electron chi connectivity index (χ1n) is 9.66. The number of nitrogens with one attached hydrogen (secondary N) is 1. The fourth-order valence-corrected chi connectivity index (χ4v) is 5.23. The molecule has 3 rings (SSSR count). The topological polar surface area (TPSA) is 97.8 Å². The molecule has 0 aliphatic carbocycles. The summed E-state index contributed by atoms with van der Waals surface area (Å²) in [7, 11) is -3.90. The second kappa shape index (κ2) is 10.1. The van der Waals surface area contributed by atoms with Crippen molar-refractivity contribution in [3.05, 3.63) is 51.6 Å². The summed E-state index contributed by atoms with van der Waals surface area (Å²) < 4.78 is 38.2. The minimum Gasteiger partial charge on any atom is -0.475 e. The fraction of sp³-hybridized carbons (Fsp3) is 0.400. The molecule has 1 aliphatic rings. The number of aromatic nitrogens is 1. The summed E-state index contributed by atoms with van der Waals surface area (Å²) in [6.07, 6.45) is 1.52. The van der Waals surface area contributed by atoms with Gasteiger partial charge in [-0.15, -0.1) is 0 Å². The molecule has 0 spiro atoms. The molecule has 2 heterocycles. The summed E-state index contributed by atoms with van der Waals surface area (Å²) in [5.41, 5.74) is 0.684. The standard InChI is InChI=1S/C20H23Cl2N3O5S/c1-13(2)30-20-14(4-3-5-23-20)12-24-19(26)15-10-18(17(22)11-16(15)21)31(27,28)25-6-8-29-9-7-25/h3-5,10-11,13H,6-9,12H2,1-2H3,(H,24,26). The summed E-state index contributed by atoms with van der Waals surface area (Å²) in [5.74, 6) is -0.130. The number of rotatable bonds is 7. The number of carbonyl (C=O) groups excluding carboxylic acids is 1. The molecule has 0 atom stereocenters. The van der Waals surface area contributed by atoms with Gasteiger partial charge in [0.25, 0.3) is 5.91 Å². The maximum Gasteiger partial charge on any atom is 0.253 e. The van der Waals surface area contributed by atoms with E-state index in [-0.39, 0.29) is 46.2 Å². The number of pyridine rings is 1. The third-order valence-electron chi connectivity index (χ3n) is 4.49. The Morgan fingerprint density at radius 2 is 1.97 bits per heavy atom. The molecule has 8 nitrogen and oxygen atoms in total. The lowest BCUT2D eigenvalue weighted by Gasteiger charge is -2.26. The molecule has 1 aliphatic heterocycles. The van der Waals surface area contributed by atoms with Crippen LogP contribution >= 0.6 is 23.2 Å². The van der Waals surface area contributed by atoms with Gasteiger partial charge in [0.1, 0.15) is 4.90 Å². The predicted molar refractivity (Wildman–Crippen MR) is 117 cm³/mol. The Balaban J connectivity index is 1.83. The summed E-state index contributed by atoms with van der Waals surface area (Å²) in [4.78, 5) is 16.8. The lowest BCUT2D eigenvalue weighted by molar-refractivity contribution is 0.0730. The smallest absolute Gasteiger partial charge is 0.253 e. The first-order chi connectivity index (χ1) is 14.7. The molecule has 11 heteroatoms. The summed E-state index contributed by atoms with van der Waals surface area (Å²) in [6, 6.07) is 5.99. The van der Waals surface area contributed by atoms with Crippen molar-refractivity contribution in [3.8, 4) is 5.88 Å². The number of hydrogen-bond acceptors (Lipinski definition) is 6. The van der Waals surface area contributed by atoms with Crippen molar-refractivity contribution in [2.45, 2.75) is 31.4 Å². The zero-order valence-corrected chi connectivity index (χ0v) is 19.4. The van der Waals surface area contributed by atoms with Crippen LogP contribution in [0, 0.1) is 0 Å². The molecule has 1 amide bonds. The van der Waals surface area contributed by atoms with Crippen LogP contribution in [0.5, 0.6) is 5.88 Å². The molecule has 1 fully saturated rings. The van der Waals surface area contributed by atoms with E-state index in [1.807, 2.05) is 13.8 Å². The zero-order chi connectivity index (χ0) is 22.6. The molecule has 1 aromatic heterocycles. The molecule has 0 saturated carbocycles. The highest BCUT2D eigenvalue weighted by molar-refractivity contribution is 7.89. The number of ether oxygens (including phenoxy) is 2. The van der Waals surface area contributed by atoms with E-state index in [2.05, 4.69) is 10.3 Å². The van der Waals surface area contributed by atoms with Gasteiger partial charge in [-0.3, -0.25) is 4.79 Å². The minimum absolute atomic E-state index is 0.00752. The van der Waals surface area contributed by atoms with Gasteiger partial charge in [0, 0.05) is 31.4 Å². The predicted octanol–water partition coefficient (Wildman–Crippen LogP) is 3.13. The number of hydrogen-bond donors (Lipinski definition) is 1. The first kappa shape index (κ1) is 23.7. The van der Waals surface area contributed by atoms with Gasteiger partial charge in [-0.2, -0.15) is 4.31 Å². The Hall–Kier alpha value is -1.91. The van der Waals surface area contributed by atoms with E-state index in [1.165, 1.54) is 16.4 Å². The Bertz CT molecular complexity index is 1060. The lowest BCUT2D eigenvalue weighted by Crippen LogP contribution is -2.40. The quantitative estimate of drug-likeness (QED) is 0.643. The van der Waals surface area contributed by atoms with Gasteiger partial charge in [0.15, 0.2) is 0 Å². The van der Waals surface area contributed by atoms with Crippen LogP contribution in [0.15, 0.2) is 35.4 Å². The normalized spacial score (nSPS) is 15.1. The molecule has 0 bridgehead atoms. The number of carbonyl (C=O) groups is 1. The third-order valence-corrected chi connectivity index (χ3v) is 7.17. The van der Waals surface area contributed by atoms with Crippen LogP contribution in [0.2, 0.25) is 10.0 Å². The van der Waals surface area contributed by atoms with E-state index in [9.17, 15) is 13.2 Å². The van der Waals surface area contributed by atoms with Crippen molar-refractivity contribution < 1.29 is 22.7 Å². The number of sulfonamides is 1. The summed E-state index contributed by atoms with van der Waals surface area (Å²) in [6.45, 7) is 4.89. The molecule has 2 aromatic rings. The van der Waals surface area contributed by atoms with Crippen LogP contribution in [-0.2, 0) is 21.3 Å². The van der Waals surface area contributed by atoms with Crippen molar-refractivity contribution in [3.63, 3.8) is 0 Å². The first-order valence-corrected chi connectivity index (χ1v) is 11.9. The number of nitrogens with zero attached hydrogens (tertiary/aromatic N) is 2. The maximum absolute atomic E-state index is 13.0. The van der Waals surface area contributed by atoms with Crippen LogP contribution in [0.3, 0.4) is 0 Å². The largest absolute Gasteiger partial charge is 0.475 e. The van der Waals surface area contributed by atoms with Crippen LogP contribution < -0.4 is 10.1 Å². The van der Waals surface area contributed by atoms with Gasteiger partial charge in [-0.05, 0) is 32.0 Å². The highest BCUT2D eigenvalue weighted by atomic mass is 35.5. The third kappa shape index (κ3) is 5.67. The minimum atomic E-state index is -3.90. The van der Waals surface area contributed by atoms with Gasteiger partial charge in [0.2, 0.25) is 15.9 Å². The average molecular weight is 488 g/mol. The average Bonchev–Trinajstić information content (AvgIpc) is 2.73. The van der Waals surface area contributed by atoms with Crippen LogP contribution in [-0.4, -0.2) is 56.0 Å². The SMILES string of the molecule is CC(C)Oc1ncccc1CNC(=O)c1cc(S(=O)(=O)N2CCOCC2)c(Cl)cc1Cl. The highest BCUT2D eigenvalue weighted by Crippen LogP contribution is 2.31. The van der Waals surface area contributed by atoms with Crippen LogP contribution in [0.1, 0.15) is 29.8 Å². The van der Waals surface area contributed by atoms with Crippen LogP contribution in [0.4, 0.5) is 0 Å². The van der Waals surface area contributed by atoms with Crippen molar-refractivity contribution >= 4 is 39.1 Å². The van der Waals surface area contributed by atoms with E-state index in [0.717, 1.165) is 0 Å². The van der Waals surface area contributed by atoms with Crippen molar-refractivity contribution in [2.75, 3.05) is 26.3 Å². The van der Waals surface area contributed by atoms with Crippen molar-refractivity contribution in [1.82, 2.24) is 14.6 Å². The van der Waals surface area contributed by atoms with Crippen molar-refractivity contribution in [2.24, 2.45) is 0 Å². The second-order valence-electron chi connectivity index (χ2n) is 7.10. The molecule has 0 unspecified atom stereocenters. The lowest BCUT2D eigenvalue weighted by atomic mass is 10.2. The molecule has 1 aromatic carbocycles. The molecule has 1 N–H and O–H groups in total. The molecule has 0 radical (unpaired) electrons. The highest BCUT2D eigenvalue weighted by Gasteiger charge is 2.30. The van der Waals surface area contributed by atoms with Gasteiger partial charge in [-0.25, -0.2) is 13.4 Å². The second-order valence-corrected chi connectivity index (χ2v) is 9.82. The molecule has 168 valence electrons. The van der Waals surface area contributed by atoms with E-state index in [1.54, 1.807) is 18.3 Å². The Morgan fingerprint density at radius 3 is 2.65 bits per heavy atom. The maximum atomic E-state index is 13.0. The van der Waals surface area contributed by atoms with Crippen molar-refractivity contribution in [1.29, 1.82) is 0 Å². The number of halogens is 2. The Morgan fingerprint density at radius 1 is 1.26 bits per heavy atom. The van der Waals surface area contributed by atoms with E-state index >= 15 is 0 Å². The monoisotopic (exact) mass is 487 g/mol. The molecule has 1 saturated heterocycles. The van der Waals surface area contributed by atoms with Gasteiger partial charge in [-0.1, -0.05) is 29.3 Å².